The monoisotopic (exact) mass is 412 g/mol. The van der Waals surface area contributed by atoms with E-state index >= 15 is 0 Å². The Morgan fingerprint density at radius 1 is 1.14 bits per heavy atom. The molecule has 9 heteroatoms. The lowest BCUT2D eigenvalue weighted by atomic mass is 9.97. The summed E-state index contributed by atoms with van der Waals surface area (Å²) in [5.74, 6) is -0.366. The predicted octanol–water partition coefficient (Wildman–Crippen LogP) is 4.82. The lowest BCUT2D eigenvalue weighted by Gasteiger charge is -2.33. The van der Waals surface area contributed by atoms with Crippen molar-refractivity contribution in [2.75, 3.05) is 18.4 Å². The molecule has 3 heterocycles. The number of aromatic nitrogens is 2. The van der Waals surface area contributed by atoms with E-state index in [2.05, 4.69) is 10.4 Å². The highest BCUT2D eigenvalue weighted by Gasteiger charge is 2.48. The third kappa shape index (κ3) is 3.45. The molecule has 0 saturated carbocycles. The highest BCUT2D eigenvalue weighted by molar-refractivity contribution is 6.36. The van der Waals surface area contributed by atoms with E-state index in [1.54, 1.807) is 35.2 Å². The number of likely N-dealkylation sites (tertiary alicyclic amines) is 1. The van der Waals surface area contributed by atoms with Gasteiger partial charge in [-0.1, -0.05) is 41.9 Å². The molecule has 2 aromatic rings. The normalized spacial score (nSPS) is 22.5. The molecule has 2 aliphatic rings. The molecule has 0 bridgehead atoms. The second-order valence-corrected chi connectivity index (χ2v) is 7.59. The minimum atomic E-state index is -4.51. The first-order valence-electron chi connectivity index (χ1n) is 9.31. The fourth-order valence-corrected chi connectivity index (χ4v) is 4.14. The second-order valence-electron chi connectivity index (χ2n) is 7.21. The largest absolute Gasteiger partial charge is 0.410 e. The van der Waals surface area contributed by atoms with Crippen molar-refractivity contribution in [3.05, 3.63) is 46.6 Å². The highest BCUT2D eigenvalue weighted by Crippen LogP contribution is 2.46. The third-order valence-corrected chi connectivity index (χ3v) is 5.70. The number of nitrogens with one attached hydrogen (secondary N) is 1. The van der Waals surface area contributed by atoms with Gasteiger partial charge in [-0.2, -0.15) is 18.3 Å². The Hall–Kier alpha value is -2.22. The second kappa shape index (κ2) is 7.31. The molecule has 0 spiro atoms. The number of carbonyl (C=O) groups is 1. The van der Waals surface area contributed by atoms with Gasteiger partial charge in [0.15, 0.2) is 11.7 Å². The van der Waals surface area contributed by atoms with Crippen LogP contribution < -0.4 is 5.32 Å². The van der Waals surface area contributed by atoms with Gasteiger partial charge in [0.1, 0.15) is 10.8 Å². The molecule has 1 saturated heterocycles. The fourth-order valence-electron chi connectivity index (χ4n) is 3.88. The van der Waals surface area contributed by atoms with Gasteiger partial charge in [0.25, 0.3) is 5.91 Å². The van der Waals surface area contributed by atoms with Crippen LogP contribution in [0.1, 0.15) is 53.8 Å². The molecule has 0 aliphatic carbocycles. The summed E-state index contributed by atoms with van der Waals surface area (Å²) in [6, 6.07) is 6.47. The number of fused-ring (bicyclic) bond motifs is 1. The van der Waals surface area contributed by atoms with E-state index < -0.39 is 24.2 Å². The lowest BCUT2D eigenvalue weighted by molar-refractivity contribution is -0.173. The molecule has 4 rings (SSSR count). The van der Waals surface area contributed by atoms with E-state index in [1.807, 2.05) is 0 Å². The van der Waals surface area contributed by atoms with Crippen LogP contribution in [0, 0.1) is 0 Å². The number of anilines is 1. The third-order valence-electron chi connectivity index (χ3n) is 5.34. The first kappa shape index (κ1) is 19.1. The highest BCUT2D eigenvalue weighted by atomic mass is 35.5. The zero-order valence-corrected chi connectivity index (χ0v) is 15.8. The Morgan fingerprint density at radius 2 is 1.82 bits per heavy atom. The molecule has 1 amide bonds. The number of amides is 1. The van der Waals surface area contributed by atoms with E-state index in [1.165, 1.54) is 0 Å². The number of hydrogen-bond acceptors (Lipinski definition) is 3. The smallest absolute Gasteiger partial charge is 0.362 e. The Bertz CT molecular complexity index is 862. The van der Waals surface area contributed by atoms with Crippen molar-refractivity contribution in [3.8, 4) is 0 Å². The van der Waals surface area contributed by atoms with E-state index in [-0.39, 0.29) is 23.0 Å². The van der Waals surface area contributed by atoms with Gasteiger partial charge in [0.05, 0.1) is 6.04 Å². The van der Waals surface area contributed by atoms with E-state index in [4.69, 9.17) is 11.6 Å². The van der Waals surface area contributed by atoms with Crippen molar-refractivity contribution in [3.63, 3.8) is 0 Å². The molecule has 150 valence electrons. The Labute approximate surface area is 165 Å². The van der Waals surface area contributed by atoms with Crippen LogP contribution in [0.15, 0.2) is 30.3 Å². The van der Waals surface area contributed by atoms with Gasteiger partial charge >= 0.3 is 6.18 Å². The van der Waals surface area contributed by atoms with Crippen molar-refractivity contribution in [1.29, 1.82) is 0 Å². The van der Waals surface area contributed by atoms with Gasteiger partial charge in [-0.05, 0) is 24.8 Å². The number of carbonyl (C=O) groups excluding carboxylic acids is 1. The molecule has 28 heavy (non-hydrogen) atoms. The number of piperidine rings is 1. The van der Waals surface area contributed by atoms with Gasteiger partial charge in [0.2, 0.25) is 0 Å². The van der Waals surface area contributed by atoms with Gasteiger partial charge in [-0.15, -0.1) is 0 Å². The molecule has 5 nitrogen and oxygen atoms in total. The summed E-state index contributed by atoms with van der Waals surface area (Å²) in [7, 11) is 0. The summed E-state index contributed by atoms with van der Waals surface area (Å²) < 4.78 is 42.2. The average molecular weight is 413 g/mol. The summed E-state index contributed by atoms with van der Waals surface area (Å²) in [5, 5.41) is 7.02. The standard InChI is InChI=1S/C19H20ClF3N4O/c20-15-16(18(28)26-9-5-2-6-10-26)25-27-14(19(21,22)23)11-13(24-17(15)27)12-7-3-1-4-8-12/h1,3-4,7-8,13-14,24H,2,5-6,9-11H2/t13-,14-/m1/s1. The number of benzene rings is 1. The average Bonchev–Trinajstić information content (AvgIpc) is 3.04. The van der Waals surface area contributed by atoms with Gasteiger partial charge in [-0.3, -0.25) is 4.79 Å². The molecule has 2 atom stereocenters. The topological polar surface area (TPSA) is 50.2 Å². The quantitative estimate of drug-likeness (QED) is 0.769. The summed E-state index contributed by atoms with van der Waals surface area (Å²) >= 11 is 6.36. The molecular formula is C19H20ClF3N4O. The summed E-state index contributed by atoms with van der Waals surface area (Å²) in [5.41, 5.74) is 0.609. The molecular weight excluding hydrogens is 393 g/mol. The van der Waals surface area contributed by atoms with E-state index in [0.29, 0.717) is 13.1 Å². The number of halogens is 4. The molecule has 1 aromatic carbocycles. The van der Waals surface area contributed by atoms with Gasteiger partial charge in [-0.25, -0.2) is 4.68 Å². The van der Waals surface area contributed by atoms with Crippen molar-refractivity contribution < 1.29 is 18.0 Å². The predicted molar refractivity (Wildman–Crippen MR) is 99.5 cm³/mol. The minimum absolute atomic E-state index is 0.0458. The zero-order chi connectivity index (χ0) is 19.9. The number of hydrogen-bond donors (Lipinski definition) is 1. The van der Waals surface area contributed by atoms with Gasteiger partial charge < -0.3 is 10.2 Å². The van der Waals surface area contributed by atoms with Crippen molar-refractivity contribution in [1.82, 2.24) is 14.7 Å². The minimum Gasteiger partial charge on any atom is -0.362 e. The SMILES string of the molecule is O=C(c1nn2c(c1Cl)N[C@@H](c1ccccc1)C[C@@H]2C(F)(F)F)N1CCCCC1. The van der Waals surface area contributed by atoms with E-state index in [9.17, 15) is 18.0 Å². The Kier molecular flexibility index (Phi) is 4.99. The zero-order valence-electron chi connectivity index (χ0n) is 15.0. The maximum atomic E-state index is 13.8. The Balaban J connectivity index is 1.72. The maximum absolute atomic E-state index is 13.8. The van der Waals surface area contributed by atoms with E-state index in [0.717, 1.165) is 29.5 Å². The maximum Gasteiger partial charge on any atom is 0.410 e. The number of alkyl halides is 3. The van der Waals surface area contributed by atoms with Crippen LogP contribution in [-0.2, 0) is 0 Å². The van der Waals surface area contributed by atoms with Crippen LogP contribution in [-0.4, -0.2) is 39.9 Å². The molecule has 0 radical (unpaired) electrons. The molecule has 0 unspecified atom stereocenters. The lowest BCUT2D eigenvalue weighted by Crippen LogP contribution is -2.37. The van der Waals surface area contributed by atoms with Gasteiger partial charge in [0, 0.05) is 19.5 Å². The summed E-state index contributed by atoms with van der Waals surface area (Å²) in [6.45, 7) is 1.14. The fraction of sp³-hybridized carbons (Fsp3) is 0.474. The van der Waals surface area contributed by atoms with Crippen LogP contribution in [0.3, 0.4) is 0 Å². The number of rotatable bonds is 2. The first-order chi connectivity index (χ1) is 13.4. The van der Waals surface area contributed by atoms with Crippen LogP contribution >= 0.6 is 11.6 Å². The van der Waals surface area contributed by atoms with Crippen LogP contribution in [0.4, 0.5) is 19.0 Å². The Morgan fingerprint density at radius 3 is 2.46 bits per heavy atom. The van der Waals surface area contributed by atoms with Crippen LogP contribution in [0.2, 0.25) is 5.02 Å². The van der Waals surface area contributed by atoms with Crippen LogP contribution in [0.5, 0.6) is 0 Å². The number of nitrogens with zero attached hydrogens (tertiary/aromatic N) is 3. The molecule has 1 N–H and O–H groups in total. The van der Waals surface area contributed by atoms with Crippen molar-refractivity contribution in [2.45, 2.75) is 43.9 Å². The summed E-state index contributed by atoms with van der Waals surface area (Å²) in [4.78, 5) is 14.4. The molecule has 2 aliphatic heterocycles. The molecule has 1 fully saturated rings. The summed E-state index contributed by atoms with van der Waals surface area (Å²) in [6.07, 6.45) is -1.96. The first-order valence-corrected chi connectivity index (χ1v) is 9.69. The van der Waals surface area contributed by atoms with Crippen molar-refractivity contribution >= 4 is 23.3 Å². The van der Waals surface area contributed by atoms with Crippen LogP contribution in [0.25, 0.3) is 0 Å². The molecule has 1 aromatic heterocycles. The van der Waals surface area contributed by atoms with Crippen molar-refractivity contribution in [2.24, 2.45) is 0 Å².